The predicted octanol–water partition coefficient (Wildman–Crippen LogP) is 3.31. The zero-order valence-electron chi connectivity index (χ0n) is 25.2. The van der Waals surface area contributed by atoms with Crippen LogP contribution in [0.3, 0.4) is 0 Å². The van der Waals surface area contributed by atoms with Gasteiger partial charge in [-0.15, -0.1) is 0 Å². The van der Waals surface area contributed by atoms with Crippen LogP contribution in [-0.4, -0.2) is 61.3 Å². The average Bonchev–Trinajstić information content (AvgIpc) is 2.89. The molecule has 0 aromatic heterocycles. The standard InChI is InChI=1S/C29H44N4O8/c1-18(2)22(32-25(35)23(19(3)4)33-28(38)41-29(5,6)7)24(34)31-21(26(36)39-8)15-12-16-30-27(37)40-17-20-13-10-9-11-14-20/h9-11,13-14,19,21,23H,12,15-17H2,1-8H3,(H,30,37)(H,31,34)(H,32,35)(H,33,38)/t21-,23+/m1/s1. The van der Waals surface area contributed by atoms with E-state index in [4.69, 9.17) is 14.2 Å². The third-order valence-corrected chi connectivity index (χ3v) is 5.54. The van der Waals surface area contributed by atoms with Crippen molar-refractivity contribution < 1.29 is 38.2 Å². The summed E-state index contributed by atoms with van der Waals surface area (Å²) < 4.78 is 15.2. The number of methoxy groups -OCH3 is 1. The van der Waals surface area contributed by atoms with Crippen molar-refractivity contribution in [3.05, 3.63) is 47.2 Å². The molecule has 0 saturated carbocycles. The first-order valence-electron chi connectivity index (χ1n) is 13.5. The van der Waals surface area contributed by atoms with Gasteiger partial charge in [0.05, 0.1) is 7.11 Å². The molecule has 4 N–H and O–H groups in total. The molecule has 0 heterocycles. The number of benzene rings is 1. The van der Waals surface area contributed by atoms with Gasteiger partial charge in [0.25, 0.3) is 5.91 Å². The van der Waals surface area contributed by atoms with Crippen molar-refractivity contribution in [1.82, 2.24) is 21.3 Å². The number of allylic oxidation sites excluding steroid dienone is 1. The summed E-state index contributed by atoms with van der Waals surface area (Å²) in [5.74, 6) is -2.33. The molecule has 0 aliphatic carbocycles. The van der Waals surface area contributed by atoms with Gasteiger partial charge in [-0.3, -0.25) is 9.59 Å². The number of nitrogens with one attached hydrogen (secondary N) is 4. The highest BCUT2D eigenvalue weighted by molar-refractivity contribution is 6.01. The molecule has 0 radical (unpaired) electrons. The lowest BCUT2D eigenvalue weighted by Gasteiger charge is -2.26. The lowest BCUT2D eigenvalue weighted by atomic mass is 10.0. The first-order valence-corrected chi connectivity index (χ1v) is 13.5. The van der Waals surface area contributed by atoms with Crippen LogP contribution in [0.1, 0.15) is 66.9 Å². The van der Waals surface area contributed by atoms with Crippen molar-refractivity contribution in [3.8, 4) is 0 Å². The van der Waals surface area contributed by atoms with Crippen LogP contribution in [0, 0.1) is 5.92 Å². The van der Waals surface area contributed by atoms with E-state index in [2.05, 4.69) is 21.3 Å². The molecule has 0 spiro atoms. The molecule has 12 heteroatoms. The first kappa shape index (κ1) is 34.9. The van der Waals surface area contributed by atoms with Crippen LogP contribution in [0.15, 0.2) is 41.6 Å². The highest BCUT2D eigenvalue weighted by atomic mass is 16.6. The Morgan fingerprint density at radius 3 is 2.10 bits per heavy atom. The van der Waals surface area contributed by atoms with E-state index < -0.39 is 47.7 Å². The van der Waals surface area contributed by atoms with E-state index in [1.165, 1.54) is 7.11 Å². The predicted molar refractivity (Wildman–Crippen MR) is 152 cm³/mol. The van der Waals surface area contributed by atoms with Crippen LogP contribution in [0.2, 0.25) is 0 Å². The van der Waals surface area contributed by atoms with Crippen LogP contribution < -0.4 is 21.3 Å². The molecule has 1 aromatic carbocycles. The smallest absolute Gasteiger partial charge is 0.408 e. The molecule has 12 nitrogen and oxygen atoms in total. The monoisotopic (exact) mass is 576 g/mol. The van der Waals surface area contributed by atoms with E-state index in [0.29, 0.717) is 12.0 Å². The van der Waals surface area contributed by atoms with Crippen LogP contribution >= 0.6 is 0 Å². The number of esters is 1. The second kappa shape index (κ2) is 16.9. The SMILES string of the molecule is COC(=O)[C@@H](CCCNC(=O)OCc1ccccc1)NC(=O)C(NC(=O)[C@@H](NC(=O)OC(C)(C)C)C(C)C)=C(C)C. The molecule has 0 aliphatic rings. The number of amides is 4. The Morgan fingerprint density at radius 2 is 1.56 bits per heavy atom. The fourth-order valence-corrected chi connectivity index (χ4v) is 3.47. The van der Waals surface area contributed by atoms with Crippen molar-refractivity contribution in [2.24, 2.45) is 5.92 Å². The Bertz CT molecular complexity index is 1080. The maximum atomic E-state index is 13.1. The maximum Gasteiger partial charge on any atom is 0.408 e. The summed E-state index contributed by atoms with van der Waals surface area (Å²) in [6.07, 6.45) is -0.901. The molecular weight excluding hydrogens is 532 g/mol. The molecule has 228 valence electrons. The fourth-order valence-electron chi connectivity index (χ4n) is 3.47. The molecule has 0 saturated heterocycles. The summed E-state index contributed by atoms with van der Waals surface area (Å²) in [6, 6.07) is 7.18. The molecule has 41 heavy (non-hydrogen) atoms. The summed E-state index contributed by atoms with van der Waals surface area (Å²) in [7, 11) is 1.19. The van der Waals surface area contributed by atoms with Gasteiger partial charge in [0, 0.05) is 6.54 Å². The van der Waals surface area contributed by atoms with Crippen molar-refractivity contribution in [1.29, 1.82) is 0 Å². The maximum absolute atomic E-state index is 13.1. The van der Waals surface area contributed by atoms with Gasteiger partial charge in [-0.05, 0) is 64.5 Å². The number of ether oxygens (including phenoxy) is 3. The Kier molecular flexibility index (Phi) is 14.4. The minimum atomic E-state index is -1.04. The molecule has 0 unspecified atom stereocenters. The van der Waals surface area contributed by atoms with Gasteiger partial charge in [-0.2, -0.15) is 0 Å². The third-order valence-electron chi connectivity index (χ3n) is 5.54. The normalized spacial score (nSPS) is 12.3. The zero-order valence-corrected chi connectivity index (χ0v) is 25.2. The van der Waals surface area contributed by atoms with Gasteiger partial charge in [-0.1, -0.05) is 44.2 Å². The molecule has 0 fully saturated rings. The van der Waals surface area contributed by atoms with Gasteiger partial charge >= 0.3 is 18.2 Å². The van der Waals surface area contributed by atoms with Crippen molar-refractivity contribution in [2.75, 3.05) is 13.7 Å². The molecule has 2 atom stereocenters. The lowest BCUT2D eigenvalue weighted by Crippen LogP contribution is -2.52. The number of rotatable bonds is 13. The summed E-state index contributed by atoms with van der Waals surface area (Å²) >= 11 is 0. The number of carbonyl (C=O) groups is 5. The Hall–Kier alpha value is -4.09. The number of hydrogen-bond acceptors (Lipinski definition) is 8. The minimum Gasteiger partial charge on any atom is -0.467 e. The lowest BCUT2D eigenvalue weighted by molar-refractivity contribution is -0.144. The number of alkyl carbamates (subject to hydrolysis) is 2. The van der Waals surface area contributed by atoms with Gasteiger partial charge in [-0.25, -0.2) is 14.4 Å². The van der Waals surface area contributed by atoms with E-state index >= 15 is 0 Å². The van der Waals surface area contributed by atoms with Gasteiger partial charge in [0.15, 0.2) is 0 Å². The molecule has 0 bridgehead atoms. The van der Waals surface area contributed by atoms with Crippen molar-refractivity contribution >= 4 is 30.0 Å². The minimum absolute atomic E-state index is 0.0665. The van der Waals surface area contributed by atoms with E-state index in [1.807, 2.05) is 30.3 Å². The Morgan fingerprint density at radius 1 is 0.927 bits per heavy atom. The fraction of sp³-hybridized carbons (Fsp3) is 0.552. The van der Waals surface area contributed by atoms with Crippen LogP contribution in [0.5, 0.6) is 0 Å². The third kappa shape index (κ3) is 13.7. The van der Waals surface area contributed by atoms with E-state index in [-0.39, 0.29) is 31.2 Å². The molecular formula is C29H44N4O8. The van der Waals surface area contributed by atoms with E-state index in [1.54, 1.807) is 48.5 Å². The molecule has 1 rings (SSSR count). The van der Waals surface area contributed by atoms with Gasteiger partial charge in [0.1, 0.15) is 30.0 Å². The summed E-state index contributed by atoms with van der Waals surface area (Å²) in [5, 5.41) is 10.3. The topological polar surface area (TPSA) is 161 Å². The first-order chi connectivity index (χ1) is 19.1. The van der Waals surface area contributed by atoms with E-state index in [0.717, 1.165) is 5.56 Å². The Balaban J connectivity index is 2.75. The van der Waals surface area contributed by atoms with Gasteiger partial charge < -0.3 is 35.5 Å². The highest BCUT2D eigenvalue weighted by Crippen LogP contribution is 2.11. The van der Waals surface area contributed by atoms with Crippen molar-refractivity contribution in [3.63, 3.8) is 0 Å². The molecule has 4 amide bonds. The number of hydrogen-bond donors (Lipinski definition) is 4. The van der Waals surface area contributed by atoms with E-state index in [9.17, 15) is 24.0 Å². The second-order valence-corrected chi connectivity index (χ2v) is 10.9. The summed E-state index contributed by atoms with van der Waals surface area (Å²) in [6.45, 7) is 12.1. The average molecular weight is 577 g/mol. The Labute approximate surface area is 241 Å². The zero-order chi connectivity index (χ0) is 31.2. The summed E-state index contributed by atoms with van der Waals surface area (Å²) in [4.78, 5) is 62.8. The number of carbonyl (C=O) groups excluding carboxylic acids is 5. The quantitative estimate of drug-likeness (QED) is 0.120. The van der Waals surface area contributed by atoms with Crippen LogP contribution in [0.4, 0.5) is 9.59 Å². The van der Waals surface area contributed by atoms with Crippen LogP contribution in [0.25, 0.3) is 0 Å². The van der Waals surface area contributed by atoms with Crippen molar-refractivity contribution in [2.45, 2.75) is 85.6 Å². The van der Waals surface area contributed by atoms with Crippen LogP contribution in [-0.2, 0) is 35.2 Å². The molecule has 1 aromatic rings. The van der Waals surface area contributed by atoms with Gasteiger partial charge in [0.2, 0.25) is 5.91 Å². The summed E-state index contributed by atoms with van der Waals surface area (Å²) in [5.41, 5.74) is 0.498. The molecule has 0 aliphatic heterocycles. The highest BCUT2D eigenvalue weighted by Gasteiger charge is 2.30. The second-order valence-electron chi connectivity index (χ2n) is 10.9. The largest absolute Gasteiger partial charge is 0.467 e.